The molecule has 4 nitrogen and oxygen atoms in total. The molecule has 5 heteroatoms. The Morgan fingerprint density at radius 2 is 2.35 bits per heavy atom. The number of nitrogens with one attached hydrogen (secondary N) is 1. The lowest BCUT2D eigenvalue weighted by Crippen LogP contribution is -2.17. The van der Waals surface area contributed by atoms with Gasteiger partial charge in [0.15, 0.2) is 0 Å². The standard InChI is InChI=1S/C12H13ClN2O2/c1-8(2-5-12(16)17)15-11-6-10(13)4-3-9(11)7-14/h3-4,6,8,15H,2,5H2,1H3,(H,16,17). The van der Waals surface area contributed by atoms with Crippen molar-refractivity contribution in [3.05, 3.63) is 28.8 Å². The van der Waals surface area contributed by atoms with Crippen LogP contribution in [0, 0.1) is 11.3 Å². The van der Waals surface area contributed by atoms with Crippen LogP contribution >= 0.6 is 11.6 Å². The van der Waals surface area contributed by atoms with E-state index < -0.39 is 5.97 Å². The molecule has 0 saturated carbocycles. The van der Waals surface area contributed by atoms with Crippen LogP contribution in [0.15, 0.2) is 18.2 Å². The first-order chi connectivity index (χ1) is 8.02. The van der Waals surface area contributed by atoms with Gasteiger partial charge in [-0.3, -0.25) is 4.79 Å². The summed E-state index contributed by atoms with van der Waals surface area (Å²) in [6.45, 7) is 1.87. The van der Waals surface area contributed by atoms with Crippen molar-refractivity contribution >= 4 is 23.3 Å². The zero-order valence-corrected chi connectivity index (χ0v) is 10.2. The highest BCUT2D eigenvalue weighted by atomic mass is 35.5. The Morgan fingerprint density at radius 1 is 1.65 bits per heavy atom. The van der Waals surface area contributed by atoms with E-state index in [2.05, 4.69) is 11.4 Å². The third kappa shape index (κ3) is 4.33. The lowest BCUT2D eigenvalue weighted by Gasteiger charge is -2.15. The summed E-state index contributed by atoms with van der Waals surface area (Å²) < 4.78 is 0. The number of anilines is 1. The highest BCUT2D eigenvalue weighted by Gasteiger charge is 2.08. The van der Waals surface area contributed by atoms with E-state index in [0.717, 1.165) is 0 Å². The summed E-state index contributed by atoms with van der Waals surface area (Å²) >= 11 is 5.84. The second-order valence-corrected chi connectivity index (χ2v) is 4.22. The van der Waals surface area contributed by atoms with Gasteiger partial charge in [0.1, 0.15) is 6.07 Å². The van der Waals surface area contributed by atoms with Gasteiger partial charge in [-0.05, 0) is 31.5 Å². The van der Waals surface area contributed by atoms with Crippen LogP contribution in [0.5, 0.6) is 0 Å². The number of carbonyl (C=O) groups is 1. The number of carboxylic acids is 1. The summed E-state index contributed by atoms with van der Waals surface area (Å²) in [4.78, 5) is 10.4. The molecule has 17 heavy (non-hydrogen) atoms. The predicted molar refractivity (Wildman–Crippen MR) is 66.1 cm³/mol. The normalized spacial score (nSPS) is 11.6. The molecule has 0 aromatic heterocycles. The molecule has 1 atom stereocenters. The average molecular weight is 253 g/mol. The quantitative estimate of drug-likeness (QED) is 0.845. The van der Waals surface area contributed by atoms with Crippen molar-refractivity contribution in [1.82, 2.24) is 0 Å². The van der Waals surface area contributed by atoms with Crippen molar-refractivity contribution in [1.29, 1.82) is 5.26 Å². The molecule has 1 rings (SSSR count). The molecular weight excluding hydrogens is 240 g/mol. The molecule has 0 spiro atoms. The summed E-state index contributed by atoms with van der Waals surface area (Å²) in [6, 6.07) is 6.97. The predicted octanol–water partition coefficient (Wildman–Crippen LogP) is 2.88. The Labute approximate surface area is 105 Å². The highest BCUT2D eigenvalue weighted by Crippen LogP contribution is 2.21. The topological polar surface area (TPSA) is 73.1 Å². The lowest BCUT2D eigenvalue weighted by molar-refractivity contribution is -0.137. The molecule has 0 heterocycles. The van der Waals surface area contributed by atoms with Crippen molar-refractivity contribution in [2.45, 2.75) is 25.8 Å². The first kappa shape index (κ1) is 13.3. The monoisotopic (exact) mass is 252 g/mol. The van der Waals surface area contributed by atoms with E-state index in [0.29, 0.717) is 22.7 Å². The molecule has 0 bridgehead atoms. The number of benzene rings is 1. The van der Waals surface area contributed by atoms with Crippen LogP contribution in [0.3, 0.4) is 0 Å². The molecule has 0 fully saturated rings. The summed E-state index contributed by atoms with van der Waals surface area (Å²) in [5, 5.41) is 21.1. The van der Waals surface area contributed by atoms with Gasteiger partial charge in [-0.2, -0.15) is 5.26 Å². The number of halogens is 1. The molecule has 0 aliphatic carbocycles. The maximum atomic E-state index is 10.4. The second kappa shape index (κ2) is 6.12. The number of aliphatic carboxylic acids is 1. The molecule has 1 aromatic rings. The molecule has 0 aliphatic rings. The van der Waals surface area contributed by atoms with Crippen molar-refractivity contribution in [2.24, 2.45) is 0 Å². The van der Waals surface area contributed by atoms with E-state index in [1.165, 1.54) is 0 Å². The Balaban J connectivity index is 2.70. The average Bonchev–Trinajstić information content (AvgIpc) is 2.27. The minimum atomic E-state index is -0.828. The summed E-state index contributed by atoms with van der Waals surface area (Å²) in [7, 11) is 0. The smallest absolute Gasteiger partial charge is 0.303 e. The number of hydrogen-bond donors (Lipinski definition) is 2. The Morgan fingerprint density at radius 3 is 2.94 bits per heavy atom. The van der Waals surface area contributed by atoms with E-state index in [9.17, 15) is 4.79 Å². The molecule has 2 N–H and O–H groups in total. The van der Waals surface area contributed by atoms with Gasteiger partial charge < -0.3 is 10.4 Å². The molecule has 0 radical (unpaired) electrons. The van der Waals surface area contributed by atoms with Gasteiger partial charge in [-0.1, -0.05) is 11.6 Å². The van der Waals surface area contributed by atoms with Crippen LogP contribution in [0.4, 0.5) is 5.69 Å². The summed E-state index contributed by atoms with van der Waals surface area (Å²) in [5.74, 6) is -0.828. The van der Waals surface area contributed by atoms with E-state index in [-0.39, 0.29) is 12.5 Å². The molecule has 1 aromatic carbocycles. The zero-order valence-electron chi connectivity index (χ0n) is 9.40. The third-order valence-corrected chi connectivity index (χ3v) is 2.53. The van der Waals surface area contributed by atoms with Crippen molar-refractivity contribution in [3.63, 3.8) is 0 Å². The van der Waals surface area contributed by atoms with Crippen LogP contribution < -0.4 is 5.32 Å². The fraction of sp³-hybridized carbons (Fsp3) is 0.333. The zero-order chi connectivity index (χ0) is 12.8. The number of nitrogens with zero attached hydrogens (tertiary/aromatic N) is 1. The van der Waals surface area contributed by atoms with Gasteiger partial charge in [0.2, 0.25) is 0 Å². The van der Waals surface area contributed by atoms with Gasteiger partial charge in [0.05, 0.1) is 11.3 Å². The second-order valence-electron chi connectivity index (χ2n) is 3.78. The van der Waals surface area contributed by atoms with Crippen LogP contribution in [0.1, 0.15) is 25.3 Å². The molecule has 90 valence electrons. The molecule has 0 saturated heterocycles. The Kier molecular flexibility index (Phi) is 4.80. The number of hydrogen-bond acceptors (Lipinski definition) is 3. The molecule has 0 amide bonds. The third-order valence-electron chi connectivity index (χ3n) is 2.30. The van der Waals surface area contributed by atoms with Gasteiger partial charge in [0, 0.05) is 17.5 Å². The fourth-order valence-corrected chi connectivity index (χ4v) is 1.58. The fourth-order valence-electron chi connectivity index (χ4n) is 1.41. The van der Waals surface area contributed by atoms with E-state index in [1.54, 1.807) is 18.2 Å². The summed E-state index contributed by atoms with van der Waals surface area (Å²) in [6.07, 6.45) is 0.587. The molecule has 0 aliphatic heterocycles. The van der Waals surface area contributed by atoms with Gasteiger partial charge in [-0.25, -0.2) is 0 Å². The van der Waals surface area contributed by atoms with Gasteiger partial charge in [-0.15, -0.1) is 0 Å². The van der Waals surface area contributed by atoms with Crippen LogP contribution in [0.25, 0.3) is 0 Å². The van der Waals surface area contributed by atoms with Gasteiger partial charge >= 0.3 is 5.97 Å². The first-order valence-corrected chi connectivity index (χ1v) is 5.58. The lowest BCUT2D eigenvalue weighted by atomic mass is 10.1. The maximum absolute atomic E-state index is 10.4. The largest absolute Gasteiger partial charge is 0.481 e. The van der Waals surface area contributed by atoms with Crippen LogP contribution in [-0.4, -0.2) is 17.1 Å². The summed E-state index contributed by atoms with van der Waals surface area (Å²) in [5.41, 5.74) is 1.13. The highest BCUT2D eigenvalue weighted by molar-refractivity contribution is 6.30. The molecular formula is C12H13ClN2O2. The Bertz CT molecular complexity index is 454. The number of rotatable bonds is 5. The van der Waals surface area contributed by atoms with Crippen LogP contribution in [-0.2, 0) is 4.79 Å². The first-order valence-electron chi connectivity index (χ1n) is 5.21. The van der Waals surface area contributed by atoms with Crippen molar-refractivity contribution < 1.29 is 9.90 Å². The van der Waals surface area contributed by atoms with E-state index in [4.69, 9.17) is 22.0 Å². The number of nitriles is 1. The minimum Gasteiger partial charge on any atom is -0.481 e. The van der Waals surface area contributed by atoms with E-state index in [1.807, 2.05) is 6.92 Å². The number of carboxylic acid groups (broad SMARTS) is 1. The van der Waals surface area contributed by atoms with Crippen LogP contribution in [0.2, 0.25) is 5.02 Å². The van der Waals surface area contributed by atoms with E-state index >= 15 is 0 Å². The van der Waals surface area contributed by atoms with Crippen molar-refractivity contribution in [2.75, 3.05) is 5.32 Å². The molecule has 1 unspecified atom stereocenters. The van der Waals surface area contributed by atoms with Crippen molar-refractivity contribution in [3.8, 4) is 6.07 Å². The minimum absolute atomic E-state index is 0.0309. The van der Waals surface area contributed by atoms with Gasteiger partial charge in [0.25, 0.3) is 0 Å². The SMILES string of the molecule is CC(CCC(=O)O)Nc1cc(Cl)ccc1C#N. The maximum Gasteiger partial charge on any atom is 0.303 e. The Hall–Kier alpha value is -1.73.